The summed E-state index contributed by atoms with van der Waals surface area (Å²) in [5.74, 6) is 1.35. The van der Waals surface area contributed by atoms with Gasteiger partial charge < -0.3 is 4.98 Å². The summed E-state index contributed by atoms with van der Waals surface area (Å²) in [5.41, 5.74) is 1.12. The predicted octanol–water partition coefficient (Wildman–Crippen LogP) is 4.52. The fourth-order valence-corrected chi connectivity index (χ4v) is 2.74. The smallest absolute Gasteiger partial charge is 0.130 e. The van der Waals surface area contributed by atoms with Crippen LogP contribution in [0.5, 0.6) is 0 Å². The minimum atomic E-state index is -0.216. The van der Waals surface area contributed by atoms with E-state index in [1.54, 1.807) is 23.9 Å². The number of hydrogen-bond donors (Lipinski definition) is 1. The summed E-state index contributed by atoms with van der Waals surface area (Å²) >= 11 is 6.77. The first kappa shape index (κ1) is 14.2. The van der Waals surface area contributed by atoms with Gasteiger partial charge in [-0.05, 0) is 36.8 Å². The highest BCUT2D eigenvalue weighted by Crippen LogP contribution is 2.21. The van der Waals surface area contributed by atoms with Crippen LogP contribution in [0.4, 0.5) is 4.39 Å². The molecule has 2 rings (SSSR count). The number of H-pyrrole nitrogens is 1. The van der Waals surface area contributed by atoms with Crippen LogP contribution < -0.4 is 0 Å². The number of hydrogen-bond acceptors (Lipinski definition) is 3. The van der Waals surface area contributed by atoms with Crippen molar-refractivity contribution in [3.63, 3.8) is 0 Å². The molecule has 1 N–H and O–H groups in total. The van der Waals surface area contributed by atoms with E-state index in [2.05, 4.69) is 16.9 Å². The molecule has 0 aliphatic heterocycles. The topological polar surface area (TPSA) is 28.7 Å². The molecule has 0 atom stereocenters. The maximum Gasteiger partial charge on any atom is 0.130 e. The Morgan fingerprint density at radius 2 is 2.05 bits per heavy atom. The van der Waals surface area contributed by atoms with E-state index >= 15 is 0 Å². The van der Waals surface area contributed by atoms with E-state index in [0.717, 1.165) is 29.3 Å². The number of benzene rings is 1. The molecule has 100 valence electrons. The first-order valence-corrected chi connectivity index (χ1v) is 7.54. The zero-order chi connectivity index (χ0) is 13.7. The minimum Gasteiger partial charge on any atom is -0.346 e. The number of thioether (sulfide) groups is 1. The van der Waals surface area contributed by atoms with Crippen LogP contribution in [-0.4, -0.2) is 9.97 Å². The van der Waals surface area contributed by atoms with Gasteiger partial charge in [-0.2, -0.15) is 0 Å². The minimum absolute atomic E-state index is 0.216. The highest BCUT2D eigenvalue weighted by atomic mass is 32.2. The molecule has 0 bridgehead atoms. The fourth-order valence-electron chi connectivity index (χ4n) is 1.72. The van der Waals surface area contributed by atoms with E-state index in [1.807, 2.05) is 6.07 Å². The van der Waals surface area contributed by atoms with Crippen LogP contribution in [0.3, 0.4) is 0 Å². The van der Waals surface area contributed by atoms with Crippen molar-refractivity contribution in [1.29, 1.82) is 0 Å². The van der Waals surface area contributed by atoms with Gasteiger partial charge in [0, 0.05) is 10.6 Å². The van der Waals surface area contributed by atoms with Crippen LogP contribution in [0.2, 0.25) is 0 Å². The molecule has 0 fully saturated rings. The molecule has 0 spiro atoms. The van der Waals surface area contributed by atoms with Gasteiger partial charge in [-0.25, -0.2) is 9.37 Å². The average Bonchev–Trinajstić information content (AvgIpc) is 2.38. The predicted molar refractivity (Wildman–Crippen MR) is 79.4 cm³/mol. The zero-order valence-corrected chi connectivity index (χ0v) is 12.3. The highest BCUT2D eigenvalue weighted by molar-refractivity contribution is 7.98. The summed E-state index contributed by atoms with van der Waals surface area (Å²) in [6.45, 7) is 2.13. The van der Waals surface area contributed by atoms with Gasteiger partial charge >= 0.3 is 0 Å². The van der Waals surface area contributed by atoms with Gasteiger partial charge in [0.25, 0.3) is 0 Å². The van der Waals surface area contributed by atoms with E-state index < -0.39 is 0 Å². The number of aryl methyl sites for hydroxylation is 1. The lowest BCUT2D eigenvalue weighted by molar-refractivity contribution is 0.626. The highest BCUT2D eigenvalue weighted by Gasteiger charge is 2.01. The van der Waals surface area contributed by atoms with E-state index in [1.165, 1.54) is 12.1 Å². The van der Waals surface area contributed by atoms with E-state index in [4.69, 9.17) is 12.2 Å². The molecular formula is C14H15FN2S2. The summed E-state index contributed by atoms with van der Waals surface area (Å²) in [5, 5.41) is 0. The molecule has 0 saturated heterocycles. The Labute approximate surface area is 121 Å². The third-order valence-corrected chi connectivity index (χ3v) is 3.79. The van der Waals surface area contributed by atoms with Crippen molar-refractivity contribution in [1.82, 2.24) is 9.97 Å². The van der Waals surface area contributed by atoms with Crippen LogP contribution >= 0.6 is 24.0 Å². The average molecular weight is 294 g/mol. The van der Waals surface area contributed by atoms with Crippen molar-refractivity contribution in [2.24, 2.45) is 0 Å². The van der Waals surface area contributed by atoms with Crippen molar-refractivity contribution >= 4 is 24.0 Å². The molecule has 0 aliphatic rings. The molecule has 0 unspecified atom stereocenters. The quantitative estimate of drug-likeness (QED) is 0.649. The SMILES string of the molecule is CCCc1cc(=S)nc(CSc2ccc(F)cc2)[nH]1. The summed E-state index contributed by atoms with van der Waals surface area (Å²) in [6, 6.07) is 8.37. The molecule has 5 heteroatoms. The van der Waals surface area contributed by atoms with Gasteiger partial charge in [0.05, 0.1) is 5.75 Å². The second-order valence-corrected chi connectivity index (χ2v) is 5.65. The molecule has 1 heterocycles. The van der Waals surface area contributed by atoms with Gasteiger partial charge in [0.2, 0.25) is 0 Å². The maximum absolute atomic E-state index is 12.8. The van der Waals surface area contributed by atoms with Gasteiger partial charge in [-0.15, -0.1) is 11.8 Å². The normalized spacial score (nSPS) is 10.6. The second-order valence-electron chi connectivity index (χ2n) is 4.18. The Bertz CT molecular complexity index is 593. The number of nitrogens with zero attached hydrogens (tertiary/aromatic N) is 1. The molecular weight excluding hydrogens is 279 g/mol. The van der Waals surface area contributed by atoms with Crippen molar-refractivity contribution in [2.75, 3.05) is 0 Å². The van der Waals surface area contributed by atoms with Crippen LogP contribution in [-0.2, 0) is 12.2 Å². The van der Waals surface area contributed by atoms with Crippen LogP contribution in [0.25, 0.3) is 0 Å². The molecule has 2 aromatic rings. The van der Waals surface area contributed by atoms with E-state index in [-0.39, 0.29) is 5.82 Å². The first-order valence-electron chi connectivity index (χ1n) is 6.15. The van der Waals surface area contributed by atoms with E-state index in [9.17, 15) is 4.39 Å². The number of rotatable bonds is 5. The number of aromatic nitrogens is 2. The Morgan fingerprint density at radius 3 is 2.74 bits per heavy atom. The summed E-state index contributed by atoms with van der Waals surface area (Å²) in [4.78, 5) is 8.63. The summed E-state index contributed by atoms with van der Waals surface area (Å²) in [6.07, 6.45) is 2.04. The molecule has 0 saturated carbocycles. The molecule has 0 aliphatic carbocycles. The van der Waals surface area contributed by atoms with Crippen molar-refractivity contribution in [2.45, 2.75) is 30.4 Å². The molecule has 19 heavy (non-hydrogen) atoms. The Kier molecular flexibility index (Phi) is 5.10. The number of aromatic amines is 1. The lowest BCUT2D eigenvalue weighted by Gasteiger charge is -2.05. The monoisotopic (exact) mass is 294 g/mol. The molecule has 2 nitrogen and oxygen atoms in total. The molecule has 0 radical (unpaired) electrons. The maximum atomic E-state index is 12.8. The lowest BCUT2D eigenvalue weighted by atomic mass is 10.2. The fraction of sp³-hybridized carbons (Fsp3) is 0.286. The van der Waals surface area contributed by atoms with Gasteiger partial charge in [0.1, 0.15) is 16.3 Å². The van der Waals surface area contributed by atoms with Crippen molar-refractivity contribution in [3.8, 4) is 0 Å². The number of halogens is 1. The van der Waals surface area contributed by atoms with Crippen LogP contribution in [0.15, 0.2) is 35.2 Å². The molecule has 1 aromatic heterocycles. The second kappa shape index (κ2) is 6.82. The summed E-state index contributed by atoms with van der Waals surface area (Å²) < 4.78 is 13.4. The van der Waals surface area contributed by atoms with Crippen LogP contribution in [0, 0.1) is 10.5 Å². The van der Waals surface area contributed by atoms with E-state index in [0.29, 0.717) is 10.4 Å². The van der Waals surface area contributed by atoms with Crippen molar-refractivity contribution in [3.05, 3.63) is 52.3 Å². The third kappa shape index (κ3) is 4.44. The Balaban J connectivity index is 2.06. The lowest BCUT2D eigenvalue weighted by Crippen LogP contribution is -1.98. The third-order valence-electron chi connectivity index (χ3n) is 2.56. The standard InChI is InChI=1S/C14H15FN2S2/c1-2-3-11-8-14(18)17-13(16-11)9-19-12-6-4-10(15)5-7-12/h4-8H,2-3,9H2,1H3,(H,16,17,18). The number of nitrogens with one attached hydrogen (secondary N) is 1. The zero-order valence-electron chi connectivity index (χ0n) is 10.6. The van der Waals surface area contributed by atoms with Crippen molar-refractivity contribution < 1.29 is 4.39 Å². The van der Waals surface area contributed by atoms with Crippen LogP contribution in [0.1, 0.15) is 24.9 Å². The first-order chi connectivity index (χ1) is 9.17. The molecule has 0 amide bonds. The Hall–Kier alpha value is -1.20. The van der Waals surface area contributed by atoms with Gasteiger partial charge in [-0.3, -0.25) is 0 Å². The summed E-state index contributed by atoms with van der Waals surface area (Å²) in [7, 11) is 0. The molecule has 1 aromatic carbocycles. The largest absolute Gasteiger partial charge is 0.346 e. The van der Waals surface area contributed by atoms with Gasteiger partial charge in [-0.1, -0.05) is 25.6 Å². The Morgan fingerprint density at radius 1 is 1.32 bits per heavy atom. The van der Waals surface area contributed by atoms with Gasteiger partial charge in [0.15, 0.2) is 0 Å².